The van der Waals surface area contributed by atoms with Gasteiger partial charge in [0.25, 0.3) is 0 Å². The van der Waals surface area contributed by atoms with Crippen molar-refractivity contribution in [1.82, 2.24) is 19.8 Å². The molecule has 6 nitrogen and oxygen atoms in total. The largest absolute Gasteiger partial charge is 0.391 e. The molecule has 3 rings (SSSR count). The number of aryl methyl sites for hydroxylation is 1. The van der Waals surface area contributed by atoms with Gasteiger partial charge in [0.15, 0.2) is 5.96 Å². The summed E-state index contributed by atoms with van der Waals surface area (Å²) in [6, 6.07) is 8.19. The molecular formula is C17H26IN5O. The molecule has 132 valence electrons. The minimum atomic E-state index is -0.226. The zero-order valence-corrected chi connectivity index (χ0v) is 16.4. The van der Waals surface area contributed by atoms with Crippen LogP contribution in [0.3, 0.4) is 0 Å². The van der Waals surface area contributed by atoms with Gasteiger partial charge in [-0.15, -0.1) is 24.0 Å². The van der Waals surface area contributed by atoms with Crippen molar-refractivity contribution < 1.29 is 5.11 Å². The number of para-hydroxylation sites is 2. The summed E-state index contributed by atoms with van der Waals surface area (Å²) < 4.78 is 2.18. The highest BCUT2D eigenvalue weighted by atomic mass is 127. The Kier molecular flexibility index (Phi) is 7.29. The fourth-order valence-corrected chi connectivity index (χ4v) is 2.97. The Hall–Kier alpha value is -1.35. The first-order valence-corrected chi connectivity index (χ1v) is 8.39. The van der Waals surface area contributed by atoms with Crippen LogP contribution >= 0.6 is 24.0 Å². The molecule has 24 heavy (non-hydrogen) atoms. The predicted molar refractivity (Wildman–Crippen MR) is 108 cm³/mol. The molecule has 0 unspecified atom stereocenters. The second kappa shape index (κ2) is 9.22. The van der Waals surface area contributed by atoms with E-state index in [1.807, 2.05) is 24.5 Å². The lowest BCUT2D eigenvalue weighted by atomic mass is 10.3. The number of fused-ring (bicyclic) bond motifs is 1. The van der Waals surface area contributed by atoms with Crippen molar-refractivity contribution in [1.29, 1.82) is 0 Å². The smallest absolute Gasteiger partial charge is 0.194 e. The van der Waals surface area contributed by atoms with E-state index in [2.05, 4.69) is 32.8 Å². The number of aliphatic imine (C=N–C) groups is 1. The maximum Gasteiger partial charge on any atom is 0.194 e. The number of likely N-dealkylation sites (tertiary alicyclic amines) is 1. The van der Waals surface area contributed by atoms with Crippen LogP contribution in [-0.4, -0.2) is 57.8 Å². The first-order valence-electron chi connectivity index (χ1n) is 8.39. The summed E-state index contributed by atoms with van der Waals surface area (Å²) in [6.45, 7) is 6.14. The number of guanidine groups is 1. The van der Waals surface area contributed by atoms with Crippen LogP contribution in [-0.2, 0) is 6.54 Å². The number of hydrogen-bond donors (Lipinski definition) is 2. The molecular weight excluding hydrogens is 417 g/mol. The van der Waals surface area contributed by atoms with Crippen LogP contribution in [0.1, 0.15) is 19.8 Å². The topological polar surface area (TPSA) is 65.7 Å². The van der Waals surface area contributed by atoms with Crippen LogP contribution in [0.5, 0.6) is 0 Å². The lowest BCUT2D eigenvalue weighted by molar-refractivity contribution is 0.188. The highest BCUT2D eigenvalue weighted by Crippen LogP contribution is 2.12. The molecule has 2 heterocycles. The number of halogens is 1. The summed E-state index contributed by atoms with van der Waals surface area (Å²) in [5.74, 6) is 0.916. The number of aliphatic hydroxyl groups excluding tert-OH is 1. The fraction of sp³-hybridized carbons (Fsp3) is 0.529. The first kappa shape index (κ1) is 19.0. The van der Waals surface area contributed by atoms with E-state index in [-0.39, 0.29) is 30.1 Å². The van der Waals surface area contributed by atoms with Gasteiger partial charge in [-0.2, -0.15) is 0 Å². The average molecular weight is 443 g/mol. The van der Waals surface area contributed by atoms with Crippen molar-refractivity contribution in [3.05, 3.63) is 30.6 Å². The summed E-state index contributed by atoms with van der Waals surface area (Å²) in [4.78, 5) is 11.2. The number of nitrogens with one attached hydrogen (secondary N) is 1. The Morgan fingerprint density at radius 2 is 2.25 bits per heavy atom. The lowest BCUT2D eigenvalue weighted by Crippen LogP contribution is -2.40. The third kappa shape index (κ3) is 4.60. The van der Waals surface area contributed by atoms with Gasteiger partial charge in [-0.05, 0) is 31.9 Å². The van der Waals surface area contributed by atoms with Gasteiger partial charge in [-0.3, -0.25) is 4.99 Å². The standard InChI is InChI=1S/C17H25N5O.HI/c1-2-18-17(21-11-8-14(23)12-21)19-9-5-10-22-13-20-15-6-3-4-7-16(15)22;/h3-4,6-7,13-14,23H,2,5,8-12H2,1H3,(H,18,19);1H/t14-;/m1./s1. The second-order valence-corrected chi connectivity index (χ2v) is 5.90. The predicted octanol–water partition coefficient (Wildman–Crippen LogP) is 2.08. The molecule has 0 bridgehead atoms. The van der Waals surface area contributed by atoms with Crippen molar-refractivity contribution in [2.45, 2.75) is 32.4 Å². The van der Waals surface area contributed by atoms with Gasteiger partial charge in [0, 0.05) is 32.7 Å². The van der Waals surface area contributed by atoms with Crippen molar-refractivity contribution in [3.8, 4) is 0 Å². The highest BCUT2D eigenvalue weighted by molar-refractivity contribution is 14.0. The van der Waals surface area contributed by atoms with Crippen molar-refractivity contribution in [2.24, 2.45) is 4.99 Å². The molecule has 1 aliphatic rings. The third-order valence-corrected chi connectivity index (χ3v) is 4.14. The van der Waals surface area contributed by atoms with E-state index >= 15 is 0 Å². The molecule has 1 aromatic carbocycles. The Morgan fingerprint density at radius 3 is 3.00 bits per heavy atom. The van der Waals surface area contributed by atoms with E-state index in [1.54, 1.807) is 0 Å². The molecule has 0 saturated carbocycles. The van der Waals surface area contributed by atoms with Crippen LogP contribution in [0.15, 0.2) is 35.6 Å². The van der Waals surface area contributed by atoms with E-state index < -0.39 is 0 Å². The SMILES string of the molecule is CCNC(=NCCCn1cnc2ccccc21)N1CC[C@@H](O)C1.I. The summed E-state index contributed by atoms with van der Waals surface area (Å²) >= 11 is 0. The Labute approximate surface area is 160 Å². The van der Waals surface area contributed by atoms with E-state index in [0.29, 0.717) is 6.54 Å². The van der Waals surface area contributed by atoms with E-state index in [0.717, 1.165) is 50.5 Å². The third-order valence-electron chi connectivity index (χ3n) is 4.14. The maximum absolute atomic E-state index is 9.68. The van der Waals surface area contributed by atoms with E-state index in [9.17, 15) is 5.11 Å². The second-order valence-electron chi connectivity index (χ2n) is 5.90. The number of aliphatic hydroxyl groups is 1. The number of benzene rings is 1. The van der Waals surface area contributed by atoms with Crippen LogP contribution in [0.25, 0.3) is 11.0 Å². The van der Waals surface area contributed by atoms with Crippen molar-refractivity contribution in [3.63, 3.8) is 0 Å². The average Bonchev–Trinajstić information content (AvgIpc) is 3.17. The molecule has 1 aliphatic heterocycles. The molecule has 1 fully saturated rings. The Bertz CT molecular complexity index is 672. The number of aromatic nitrogens is 2. The van der Waals surface area contributed by atoms with Crippen LogP contribution < -0.4 is 5.32 Å². The quantitative estimate of drug-likeness (QED) is 0.322. The van der Waals surface area contributed by atoms with Gasteiger partial charge in [-0.1, -0.05) is 12.1 Å². The molecule has 1 aromatic heterocycles. The minimum Gasteiger partial charge on any atom is -0.391 e. The molecule has 7 heteroatoms. The molecule has 1 atom stereocenters. The summed E-state index contributed by atoms with van der Waals surface area (Å²) in [6.07, 6.45) is 3.46. The highest BCUT2D eigenvalue weighted by Gasteiger charge is 2.22. The Morgan fingerprint density at radius 1 is 1.42 bits per heavy atom. The molecule has 0 radical (unpaired) electrons. The number of rotatable bonds is 5. The Balaban J connectivity index is 0.00000208. The number of imidazole rings is 1. The van der Waals surface area contributed by atoms with Gasteiger partial charge >= 0.3 is 0 Å². The normalized spacial score (nSPS) is 18.0. The molecule has 2 aromatic rings. The summed E-state index contributed by atoms with van der Waals surface area (Å²) in [7, 11) is 0. The molecule has 0 spiro atoms. The van der Waals surface area contributed by atoms with Gasteiger partial charge in [-0.25, -0.2) is 4.98 Å². The van der Waals surface area contributed by atoms with Gasteiger partial charge < -0.3 is 19.9 Å². The fourth-order valence-electron chi connectivity index (χ4n) is 2.97. The molecule has 0 amide bonds. The van der Waals surface area contributed by atoms with E-state index in [1.165, 1.54) is 5.52 Å². The monoisotopic (exact) mass is 443 g/mol. The van der Waals surface area contributed by atoms with Crippen LogP contribution in [0.4, 0.5) is 0 Å². The number of nitrogens with zero attached hydrogens (tertiary/aromatic N) is 4. The minimum absolute atomic E-state index is 0. The molecule has 0 aliphatic carbocycles. The van der Waals surface area contributed by atoms with Crippen molar-refractivity contribution >= 4 is 41.0 Å². The zero-order chi connectivity index (χ0) is 16.1. The lowest BCUT2D eigenvalue weighted by Gasteiger charge is -2.20. The van der Waals surface area contributed by atoms with Crippen LogP contribution in [0.2, 0.25) is 0 Å². The van der Waals surface area contributed by atoms with Gasteiger partial charge in [0.05, 0.1) is 23.5 Å². The number of hydrogen-bond acceptors (Lipinski definition) is 3. The number of β-amino-alcohol motifs (C(OH)–C–C–N with tert-alkyl or cyclic N) is 1. The first-order chi connectivity index (χ1) is 11.3. The maximum atomic E-state index is 9.68. The van der Waals surface area contributed by atoms with Crippen molar-refractivity contribution in [2.75, 3.05) is 26.2 Å². The molecule has 2 N–H and O–H groups in total. The van der Waals surface area contributed by atoms with E-state index in [4.69, 9.17) is 4.99 Å². The van der Waals surface area contributed by atoms with Crippen LogP contribution in [0, 0.1) is 0 Å². The summed E-state index contributed by atoms with van der Waals surface area (Å²) in [5.41, 5.74) is 2.21. The van der Waals surface area contributed by atoms with Gasteiger partial charge in [0.2, 0.25) is 0 Å². The molecule has 1 saturated heterocycles. The van der Waals surface area contributed by atoms with Gasteiger partial charge in [0.1, 0.15) is 0 Å². The summed E-state index contributed by atoms with van der Waals surface area (Å²) in [5, 5.41) is 13.0. The zero-order valence-electron chi connectivity index (χ0n) is 14.1.